The number of hydrogen-bond donors (Lipinski definition) is 1. The summed E-state index contributed by atoms with van der Waals surface area (Å²) in [5.74, 6) is 0.456. The molecule has 0 aromatic heterocycles. The number of carbonyl (C=O) groups is 1. The number of hydrogen-bond acceptors (Lipinski definition) is 3. The minimum atomic E-state index is -0.168. The average Bonchev–Trinajstić information content (AvgIpc) is 2.46. The van der Waals surface area contributed by atoms with E-state index in [-0.39, 0.29) is 18.6 Å². The van der Waals surface area contributed by atoms with Gasteiger partial charge in [0.1, 0.15) is 12.6 Å². The Morgan fingerprint density at radius 2 is 2.26 bits per heavy atom. The van der Waals surface area contributed by atoms with Gasteiger partial charge in [0.05, 0.1) is 0 Å². The summed E-state index contributed by atoms with van der Waals surface area (Å²) in [5, 5.41) is 3.86. The van der Waals surface area contributed by atoms with Crippen LogP contribution in [-0.4, -0.2) is 18.6 Å². The van der Waals surface area contributed by atoms with Crippen molar-refractivity contribution in [3.05, 3.63) is 34.9 Å². The van der Waals surface area contributed by atoms with Crippen LogP contribution in [0.5, 0.6) is 0 Å². The molecule has 2 rings (SSSR count). The van der Waals surface area contributed by atoms with Crippen molar-refractivity contribution >= 4 is 17.6 Å². The summed E-state index contributed by atoms with van der Waals surface area (Å²) in [7, 11) is 0. The molecule has 19 heavy (non-hydrogen) atoms. The molecule has 0 amide bonds. The number of halogens is 1. The molecule has 104 valence electrons. The Morgan fingerprint density at radius 1 is 1.47 bits per heavy atom. The zero-order valence-corrected chi connectivity index (χ0v) is 12.0. The minimum absolute atomic E-state index is 0.166. The molecule has 2 unspecified atom stereocenters. The van der Waals surface area contributed by atoms with Crippen molar-refractivity contribution < 1.29 is 9.53 Å². The predicted molar refractivity (Wildman–Crippen MR) is 76.1 cm³/mol. The van der Waals surface area contributed by atoms with Gasteiger partial charge in [0.15, 0.2) is 0 Å². The van der Waals surface area contributed by atoms with Crippen LogP contribution in [0.4, 0.5) is 0 Å². The van der Waals surface area contributed by atoms with Gasteiger partial charge < -0.3 is 10.1 Å². The third-order valence-electron chi connectivity index (χ3n) is 3.70. The lowest BCUT2D eigenvalue weighted by atomic mass is 9.90. The fraction of sp³-hybridized carbons (Fsp3) is 0.533. The average molecular weight is 282 g/mol. The van der Waals surface area contributed by atoms with Crippen molar-refractivity contribution in [2.75, 3.05) is 6.54 Å². The summed E-state index contributed by atoms with van der Waals surface area (Å²) in [4.78, 5) is 12.0. The van der Waals surface area contributed by atoms with Crippen LogP contribution >= 0.6 is 11.6 Å². The number of nitrogens with one attached hydrogen (secondary N) is 1. The number of rotatable bonds is 4. The van der Waals surface area contributed by atoms with Gasteiger partial charge >= 0.3 is 5.97 Å². The van der Waals surface area contributed by atoms with Gasteiger partial charge in [-0.05, 0) is 31.4 Å². The summed E-state index contributed by atoms with van der Waals surface area (Å²) in [6.45, 7) is 3.31. The first-order valence-electron chi connectivity index (χ1n) is 6.84. The van der Waals surface area contributed by atoms with Gasteiger partial charge in [-0.1, -0.05) is 43.1 Å². The van der Waals surface area contributed by atoms with Crippen LogP contribution in [-0.2, 0) is 16.1 Å². The topological polar surface area (TPSA) is 38.3 Å². The Labute approximate surface area is 119 Å². The van der Waals surface area contributed by atoms with Crippen LogP contribution in [0.3, 0.4) is 0 Å². The van der Waals surface area contributed by atoms with E-state index in [1.165, 1.54) is 0 Å². The SMILES string of the molecule is CCC1CCNC(C(=O)OCc2ccccc2Cl)C1. The van der Waals surface area contributed by atoms with Crippen molar-refractivity contribution in [2.45, 2.75) is 38.8 Å². The van der Waals surface area contributed by atoms with Crippen LogP contribution in [0.25, 0.3) is 0 Å². The van der Waals surface area contributed by atoms with Crippen LogP contribution in [0, 0.1) is 5.92 Å². The molecule has 1 heterocycles. The smallest absolute Gasteiger partial charge is 0.323 e. The molecule has 1 fully saturated rings. The Bertz CT molecular complexity index is 436. The number of piperidine rings is 1. The molecule has 0 saturated carbocycles. The molecule has 2 atom stereocenters. The summed E-state index contributed by atoms with van der Waals surface area (Å²) < 4.78 is 5.36. The van der Waals surface area contributed by atoms with E-state index in [2.05, 4.69) is 12.2 Å². The fourth-order valence-electron chi connectivity index (χ4n) is 2.41. The van der Waals surface area contributed by atoms with Crippen molar-refractivity contribution in [2.24, 2.45) is 5.92 Å². The van der Waals surface area contributed by atoms with Crippen LogP contribution in [0.2, 0.25) is 5.02 Å². The molecule has 1 aromatic carbocycles. The first-order valence-corrected chi connectivity index (χ1v) is 7.22. The zero-order chi connectivity index (χ0) is 13.7. The molecule has 1 aliphatic rings. The van der Waals surface area contributed by atoms with Gasteiger partial charge in [-0.2, -0.15) is 0 Å². The quantitative estimate of drug-likeness (QED) is 0.862. The first kappa shape index (κ1) is 14.4. The van der Waals surface area contributed by atoms with E-state index < -0.39 is 0 Å². The lowest BCUT2D eigenvalue weighted by Crippen LogP contribution is -2.44. The van der Waals surface area contributed by atoms with Crippen LogP contribution < -0.4 is 5.32 Å². The molecule has 0 spiro atoms. The highest BCUT2D eigenvalue weighted by atomic mass is 35.5. The van der Waals surface area contributed by atoms with Crippen LogP contribution in [0.1, 0.15) is 31.7 Å². The highest BCUT2D eigenvalue weighted by Crippen LogP contribution is 2.21. The highest BCUT2D eigenvalue weighted by Gasteiger charge is 2.27. The second-order valence-electron chi connectivity index (χ2n) is 5.00. The molecule has 4 heteroatoms. The summed E-state index contributed by atoms with van der Waals surface area (Å²) >= 11 is 6.03. The predicted octanol–water partition coefficient (Wildman–Crippen LogP) is 3.16. The Balaban J connectivity index is 1.86. The summed E-state index contributed by atoms with van der Waals surface area (Å²) in [5.41, 5.74) is 0.848. The standard InChI is InChI=1S/C15H20ClNO2/c1-2-11-7-8-17-14(9-11)15(18)19-10-12-5-3-4-6-13(12)16/h3-6,11,14,17H,2,7-10H2,1H3. The maximum absolute atomic E-state index is 12.0. The molecule has 1 saturated heterocycles. The van der Waals surface area contributed by atoms with E-state index in [9.17, 15) is 4.79 Å². The first-order chi connectivity index (χ1) is 9.20. The Kier molecular flexibility index (Phi) is 5.23. The molecule has 0 bridgehead atoms. The molecular weight excluding hydrogens is 262 g/mol. The minimum Gasteiger partial charge on any atom is -0.460 e. The van der Waals surface area contributed by atoms with E-state index in [0.29, 0.717) is 10.9 Å². The largest absolute Gasteiger partial charge is 0.460 e. The second kappa shape index (κ2) is 6.92. The van der Waals surface area contributed by atoms with Gasteiger partial charge in [0.25, 0.3) is 0 Å². The summed E-state index contributed by atoms with van der Waals surface area (Å²) in [6.07, 6.45) is 3.14. The van der Waals surface area contributed by atoms with Crippen LogP contribution in [0.15, 0.2) is 24.3 Å². The van der Waals surface area contributed by atoms with E-state index >= 15 is 0 Å². The van der Waals surface area contributed by atoms with Gasteiger partial charge in [0, 0.05) is 10.6 Å². The van der Waals surface area contributed by atoms with E-state index in [0.717, 1.165) is 31.4 Å². The summed E-state index contributed by atoms with van der Waals surface area (Å²) in [6, 6.07) is 7.26. The highest BCUT2D eigenvalue weighted by molar-refractivity contribution is 6.31. The van der Waals surface area contributed by atoms with Gasteiger partial charge in [-0.3, -0.25) is 4.79 Å². The monoisotopic (exact) mass is 281 g/mol. The van der Waals surface area contributed by atoms with Gasteiger partial charge in [0.2, 0.25) is 0 Å². The molecule has 0 aliphatic carbocycles. The molecular formula is C15H20ClNO2. The normalized spacial score (nSPS) is 23.1. The Hall–Kier alpha value is -1.06. The van der Waals surface area contributed by atoms with Crippen molar-refractivity contribution in [3.63, 3.8) is 0 Å². The zero-order valence-electron chi connectivity index (χ0n) is 11.2. The molecule has 1 aromatic rings. The van der Waals surface area contributed by atoms with E-state index in [1.54, 1.807) is 6.07 Å². The van der Waals surface area contributed by atoms with Gasteiger partial charge in [-0.15, -0.1) is 0 Å². The van der Waals surface area contributed by atoms with Crippen molar-refractivity contribution in [1.29, 1.82) is 0 Å². The lowest BCUT2D eigenvalue weighted by Gasteiger charge is -2.28. The third kappa shape index (κ3) is 3.95. The van der Waals surface area contributed by atoms with Crippen molar-refractivity contribution in [3.8, 4) is 0 Å². The van der Waals surface area contributed by atoms with Crippen molar-refractivity contribution in [1.82, 2.24) is 5.32 Å². The lowest BCUT2D eigenvalue weighted by molar-refractivity contribution is -0.148. The molecule has 1 aliphatic heterocycles. The maximum Gasteiger partial charge on any atom is 0.323 e. The number of ether oxygens (including phenoxy) is 1. The molecule has 1 N–H and O–H groups in total. The van der Waals surface area contributed by atoms with E-state index in [4.69, 9.17) is 16.3 Å². The number of esters is 1. The molecule has 3 nitrogen and oxygen atoms in total. The molecule has 0 radical (unpaired) electrons. The number of carbonyl (C=O) groups excluding carboxylic acids is 1. The third-order valence-corrected chi connectivity index (χ3v) is 4.07. The number of benzene rings is 1. The second-order valence-corrected chi connectivity index (χ2v) is 5.41. The Morgan fingerprint density at radius 3 is 3.00 bits per heavy atom. The van der Waals surface area contributed by atoms with Gasteiger partial charge in [-0.25, -0.2) is 0 Å². The fourth-order valence-corrected chi connectivity index (χ4v) is 2.60. The maximum atomic E-state index is 12.0. The van der Waals surface area contributed by atoms with E-state index in [1.807, 2.05) is 18.2 Å².